The molecule has 0 saturated heterocycles. The van der Waals surface area contributed by atoms with Gasteiger partial charge in [0.2, 0.25) is 5.78 Å². The van der Waals surface area contributed by atoms with E-state index in [1.807, 2.05) is 110 Å². The molecule has 0 heterocycles. The summed E-state index contributed by atoms with van der Waals surface area (Å²) in [7, 11) is 0. The number of Topliss-reactive ketones (excluding diaryl/α,β-unsaturated/α-hetero) is 1. The number of carbonyl (C=O) groups is 3. The predicted octanol–water partition coefficient (Wildman–Crippen LogP) is 8.19. The fraction of sp³-hybridized carbons (Fsp3) is 0.0556. The van der Waals surface area contributed by atoms with E-state index in [1.54, 1.807) is 24.3 Å². The highest BCUT2D eigenvalue weighted by Gasteiger charge is 2.20. The molecule has 0 N–H and O–H groups in total. The van der Waals surface area contributed by atoms with Crippen LogP contribution in [0.3, 0.4) is 0 Å². The Morgan fingerprint density at radius 3 is 1.67 bits per heavy atom. The number of hydrogen-bond acceptors (Lipinski definition) is 6. The van der Waals surface area contributed by atoms with Gasteiger partial charge in [0.05, 0.1) is 0 Å². The molecule has 0 aromatic heterocycles. The Labute approximate surface area is 248 Å². The zero-order chi connectivity index (χ0) is 29.5. The SMILES string of the molecule is CC(=O)O/N=C(/C(=O)c1ccc(Sc2ccc(C(=O)c3ccc(-c4ccccc4)cc3)cc2)cc1)c1ccccc1C. The molecule has 0 amide bonds. The van der Waals surface area contributed by atoms with E-state index in [0.717, 1.165) is 26.5 Å². The molecule has 206 valence electrons. The highest BCUT2D eigenvalue weighted by molar-refractivity contribution is 7.99. The van der Waals surface area contributed by atoms with Crippen molar-refractivity contribution in [3.63, 3.8) is 0 Å². The summed E-state index contributed by atoms with van der Waals surface area (Å²) >= 11 is 1.52. The van der Waals surface area contributed by atoms with Gasteiger partial charge < -0.3 is 4.84 Å². The highest BCUT2D eigenvalue weighted by Crippen LogP contribution is 2.29. The third-order valence-corrected chi connectivity index (χ3v) is 7.62. The largest absolute Gasteiger partial charge is 0.332 e. The minimum atomic E-state index is -0.602. The number of rotatable bonds is 9. The van der Waals surface area contributed by atoms with Crippen LogP contribution in [-0.2, 0) is 9.63 Å². The molecule has 5 aromatic carbocycles. The van der Waals surface area contributed by atoms with Gasteiger partial charge in [0.15, 0.2) is 11.5 Å². The van der Waals surface area contributed by atoms with Crippen molar-refractivity contribution in [2.75, 3.05) is 0 Å². The van der Waals surface area contributed by atoms with Crippen LogP contribution in [-0.4, -0.2) is 23.2 Å². The maximum absolute atomic E-state index is 13.3. The normalized spacial score (nSPS) is 11.1. The van der Waals surface area contributed by atoms with Gasteiger partial charge in [-0.1, -0.05) is 95.8 Å². The summed E-state index contributed by atoms with van der Waals surface area (Å²) in [5, 5.41) is 3.87. The van der Waals surface area contributed by atoms with Gasteiger partial charge >= 0.3 is 5.97 Å². The van der Waals surface area contributed by atoms with E-state index in [2.05, 4.69) is 5.16 Å². The van der Waals surface area contributed by atoms with E-state index in [0.29, 0.717) is 22.3 Å². The van der Waals surface area contributed by atoms with Crippen LogP contribution < -0.4 is 0 Å². The maximum Gasteiger partial charge on any atom is 0.332 e. The highest BCUT2D eigenvalue weighted by atomic mass is 32.2. The van der Waals surface area contributed by atoms with Crippen molar-refractivity contribution in [3.8, 4) is 11.1 Å². The molecular weight excluding hydrogens is 542 g/mol. The lowest BCUT2D eigenvalue weighted by atomic mass is 9.97. The van der Waals surface area contributed by atoms with E-state index in [-0.39, 0.29) is 17.3 Å². The number of nitrogens with zero attached hydrogens (tertiary/aromatic N) is 1. The third-order valence-electron chi connectivity index (χ3n) is 6.60. The smallest absolute Gasteiger partial charge is 0.318 e. The molecule has 0 fully saturated rings. The fourth-order valence-electron chi connectivity index (χ4n) is 4.39. The number of benzene rings is 5. The number of carbonyl (C=O) groups excluding carboxylic acids is 3. The van der Waals surface area contributed by atoms with Crippen molar-refractivity contribution in [1.82, 2.24) is 0 Å². The summed E-state index contributed by atoms with van der Waals surface area (Å²) in [6.07, 6.45) is 0. The van der Waals surface area contributed by atoms with Crippen LogP contribution in [0.15, 0.2) is 142 Å². The van der Waals surface area contributed by atoms with Crippen molar-refractivity contribution < 1.29 is 19.2 Å². The number of oxime groups is 1. The summed E-state index contributed by atoms with van der Waals surface area (Å²) in [6, 6.07) is 39.7. The lowest BCUT2D eigenvalue weighted by Gasteiger charge is -2.09. The van der Waals surface area contributed by atoms with E-state index in [9.17, 15) is 14.4 Å². The maximum atomic E-state index is 13.3. The van der Waals surface area contributed by atoms with Gasteiger partial charge in [-0.05, 0) is 72.1 Å². The van der Waals surface area contributed by atoms with Crippen LogP contribution in [0.1, 0.15) is 44.3 Å². The van der Waals surface area contributed by atoms with Crippen LogP contribution in [0.5, 0.6) is 0 Å². The van der Waals surface area contributed by atoms with Crippen molar-refractivity contribution in [3.05, 3.63) is 155 Å². The Kier molecular flexibility index (Phi) is 8.85. The van der Waals surface area contributed by atoms with Gasteiger partial charge in [0.25, 0.3) is 0 Å². The molecule has 0 aliphatic carbocycles. The second-order valence-corrected chi connectivity index (χ2v) is 10.7. The van der Waals surface area contributed by atoms with Crippen molar-refractivity contribution in [1.29, 1.82) is 0 Å². The Bertz CT molecular complexity index is 1760. The molecule has 5 aromatic rings. The van der Waals surface area contributed by atoms with Gasteiger partial charge in [0, 0.05) is 39.0 Å². The minimum absolute atomic E-state index is 0.0334. The van der Waals surface area contributed by atoms with Crippen LogP contribution in [0.25, 0.3) is 11.1 Å². The molecule has 0 atom stereocenters. The Hall–Kier alpha value is -5.07. The van der Waals surface area contributed by atoms with Gasteiger partial charge in [-0.25, -0.2) is 4.79 Å². The topological polar surface area (TPSA) is 72.8 Å². The predicted molar refractivity (Wildman–Crippen MR) is 166 cm³/mol. The fourth-order valence-corrected chi connectivity index (χ4v) is 5.21. The summed E-state index contributed by atoms with van der Waals surface area (Å²) in [5.41, 5.74) is 5.36. The number of aryl methyl sites for hydroxylation is 1. The van der Waals surface area contributed by atoms with E-state index < -0.39 is 5.97 Å². The number of ketones is 2. The Morgan fingerprint density at radius 2 is 1.10 bits per heavy atom. The molecule has 0 spiro atoms. The molecule has 0 aliphatic heterocycles. The molecule has 5 nitrogen and oxygen atoms in total. The first-order valence-corrected chi connectivity index (χ1v) is 14.1. The van der Waals surface area contributed by atoms with E-state index >= 15 is 0 Å². The summed E-state index contributed by atoms with van der Waals surface area (Å²) in [5.74, 6) is -0.981. The first-order chi connectivity index (χ1) is 20.4. The third kappa shape index (κ3) is 6.79. The van der Waals surface area contributed by atoms with Crippen LogP contribution in [0.4, 0.5) is 0 Å². The monoisotopic (exact) mass is 569 g/mol. The molecule has 6 heteroatoms. The molecule has 0 radical (unpaired) electrons. The summed E-state index contributed by atoms with van der Waals surface area (Å²) < 4.78 is 0. The molecule has 42 heavy (non-hydrogen) atoms. The number of hydrogen-bond donors (Lipinski definition) is 0. The average Bonchev–Trinajstić information content (AvgIpc) is 3.02. The quantitative estimate of drug-likeness (QED) is 0.0774. The van der Waals surface area contributed by atoms with Crippen molar-refractivity contribution in [2.45, 2.75) is 23.6 Å². The first-order valence-electron chi connectivity index (χ1n) is 13.3. The second-order valence-electron chi connectivity index (χ2n) is 9.59. The molecule has 5 rings (SSSR count). The van der Waals surface area contributed by atoms with Gasteiger partial charge in [-0.2, -0.15) is 0 Å². The van der Waals surface area contributed by atoms with Crippen LogP contribution in [0, 0.1) is 6.92 Å². The van der Waals surface area contributed by atoms with Crippen LogP contribution >= 0.6 is 11.8 Å². The average molecular weight is 570 g/mol. The lowest BCUT2D eigenvalue weighted by molar-refractivity contribution is -0.140. The van der Waals surface area contributed by atoms with Crippen molar-refractivity contribution >= 4 is 35.0 Å². The van der Waals surface area contributed by atoms with Gasteiger partial charge in [0.1, 0.15) is 0 Å². The first kappa shape index (κ1) is 28.5. The molecule has 0 unspecified atom stereocenters. The van der Waals surface area contributed by atoms with Crippen LogP contribution in [0.2, 0.25) is 0 Å². The minimum Gasteiger partial charge on any atom is -0.318 e. The summed E-state index contributed by atoms with van der Waals surface area (Å²) in [6.45, 7) is 3.10. The zero-order valence-electron chi connectivity index (χ0n) is 23.1. The second kappa shape index (κ2) is 13.1. The molecule has 0 saturated carbocycles. The Morgan fingerprint density at radius 1 is 0.595 bits per heavy atom. The molecular formula is C36H27NO4S. The summed E-state index contributed by atoms with van der Waals surface area (Å²) in [4.78, 5) is 44.5. The van der Waals surface area contributed by atoms with Gasteiger partial charge in [-0.15, -0.1) is 0 Å². The standard InChI is InChI=1S/C36H27NO4S/c1-24-8-6-7-11-33(24)34(37-41-25(2)38)36(40)30-18-22-32(23-19-30)42-31-20-16-29(17-21-31)35(39)28-14-12-27(13-15-28)26-9-4-3-5-10-26/h3-23H,1-2H3/b37-34+. The van der Waals surface area contributed by atoms with Gasteiger partial charge in [-0.3, -0.25) is 9.59 Å². The molecule has 0 bridgehead atoms. The molecule has 0 aliphatic rings. The zero-order valence-corrected chi connectivity index (χ0v) is 23.9. The van der Waals surface area contributed by atoms with E-state index in [1.165, 1.54) is 18.7 Å². The Balaban J connectivity index is 1.26. The van der Waals surface area contributed by atoms with E-state index in [4.69, 9.17) is 4.84 Å². The lowest BCUT2D eigenvalue weighted by Crippen LogP contribution is -2.18. The van der Waals surface area contributed by atoms with Crippen molar-refractivity contribution in [2.24, 2.45) is 5.16 Å².